The first kappa shape index (κ1) is 21.5. The van der Waals surface area contributed by atoms with Gasteiger partial charge in [0.1, 0.15) is 12.1 Å². The average Bonchev–Trinajstić information content (AvgIpc) is 3.48. The number of benzene rings is 2. The van der Waals surface area contributed by atoms with Gasteiger partial charge >= 0.3 is 0 Å². The van der Waals surface area contributed by atoms with Gasteiger partial charge in [-0.15, -0.1) is 0 Å². The first-order chi connectivity index (χ1) is 16.2. The molecule has 1 fully saturated rings. The van der Waals surface area contributed by atoms with Crippen molar-refractivity contribution in [2.75, 3.05) is 33.3 Å². The first-order valence-electron chi connectivity index (χ1n) is 10.8. The highest BCUT2D eigenvalue weighted by molar-refractivity contribution is 7.71. The Labute approximate surface area is 196 Å². The van der Waals surface area contributed by atoms with Crippen molar-refractivity contribution in [3.05, 3.63) is 71.6 Å². The lowest BCUT2D eigenvalue weighted by Crippen LogP contribution is -2.46. The van der Waals surface area contributed by atoms with Crippen molar-refractivity contribution in [1.82, 2.24) is 34.3 Å². The summed E-state index contributed by atoms with van der Waals surface area (Å²) in [6.45, 7) is 4.96. The molecule has 1 aliphatic rings. The summed E-state index contributed by atoms with van der Waals surface area (Å²) < 4.78 is 15.2. The number of ether oxygens (including phenoxy) is 1. The Morgan fingerprint density at radius 1 is 0.970 bits per heavy atom. The molecule has 5 rings (SSSR count). The van der Waals surface area contributed by atoms with Crippen LogP contribution >= 0.6 is 12.2 Å². The summed E-state index contributed by atoms with van der Waals surface area (Å²) in [5.74, 6) is 2.02. The molecule has 170 valence electrons. The van der Waals surface area contributed by atoms with Crippen LogP contribution in [0.5, 0.6) is 5.75 Å². The van der Waals surface area contributed by atoms with Crippen LogP contribution in [0.3, 0.4) is 0 Å². The van der Waals surface area contributed by atoms with E-state index in [4.69, 9.17) is 21.5 Å². The van der Waals surface area contributed by atoms with E-state index in [0.717, 1.165) is 43.2 Å². The van der Waals surface area contributed by atoms with Crippen molar-refractivity contribution < 1.29 is 9.26 Å². The maximum atomic E-state index is 5.63. The first-order valence-corrected chi connectivity index (χ1v) is 11.2. The molecule has 0 bridgehead atoms. The monoisotopic (exact) mass is 463 g/mol. The lowest BCUT2D eigenvalue weighted by atomic mass is 10.2. The van der Waals surface area contributed by atoms with Crippen LogP contribution in [0.4, 0.5) is 0 Å². The quantitative estimate of drug-likeness (QED) is 0.387. The molecule has 0 spiro atoms. The van der Waals surface area contributed by atoms with E-state index in [1.165, 1.54) is 0 Å². The molecule has 2 aromatic carbocycles. The largest absolute Gasteiger partial charge is 0.497 e. The number of methoxy groups -OCH3 is 1. The summed E-state index contributed by atoms with van der Waals surface area (Å²) in [5, 5.41) is 8.62. The van der Waals surface area contributed by atoms with Crippen LogP contribution < -0.4 is 4.74 Å². The third kappa shape index (κ3) is 4.87. The molecule has 0 saturated carbocycles. The molecule has 0 amide bonds. The van der Waals surface area contributed by atoms with Crippen molar-refractivity contribution in [2.45, 2.75) is 13.2 Å². The summed E-state index contributed by atoms with van der Waals surface area (Å²) in [7, 11) is 1.65. The van der Waals surface area contributed by atoms with Crippen LogP contribution in [0, 0.1) is 4.77 Å². The van der Waals surface area contributed by atoms with Gasteiger partial charge in [0.15, 0.2) is 0 Å². The van der Waals surface area contributed by atoms with Crippen molar-refractivity contribution in [2.24, 2.45) is 0 Å². The number of piperazine rings is 1. The molecule has 1 saturated heterocycles. The fourth-order valence-electron chi connectivity index (χ4n) is 3.85. The molecule has 0 unspecified atom stereocenters. The van der Waals surface area contributed by atoms with E-state index >= 15 is 0 Å². The van der Waals surface area contributed by atoms with Crippen molar-refractivity contribution >= 4 is 12.2 Å². The number of rotatable bonds is 7. The molecule has 1 aliphatic heterocycles. The second-order valence-electron chi connectivity index (χ2n) is 7.89. The topological polar surface area (TPSA) is 77.4 Å². The number of aromatic nitrogens is 5. The van der Waals surface area contributed by atoms with Crippen LogP contribution in [0.2, 0.25) is 0 Å². The SMILES string of the molecule is COc1ccc(-c2noc(CN3CCN(Cn4ncn(-c5ccccc5)c4=S)CC3)n2)cc1. The maximum absolute atomic E-state index is 5.63. The van der Waals surface area contributed by atoms with Gasteiger partial charge in [0.25, 0.3) is 0 Å². The van der Waals surface area contributed by atoms with E-state index in [1.807, 2.05) is 63.8 Å². The lowest BCUT2D eigenvalue weighted by Gasteiger charge is -2.33. The Morgan fingerprint density at radius 2 is 1.70 bits per heavy atom. The fourth-order valence-corrected chi connectivity index (χ4v) is 4.10. The molecule has 2 aromatic heterocycles. The number of hydrogen-bond donors (Lipinski definition) is 0. The Kier molecular flexibility index (Phi) is 6.29. The summed E-state index contributed by atoms with van der Waals surface area (Å²) in [5.41, 5.74) is 1.93. The Bertz CT molecular complexity index is 1240. The van der Waals surface area contributed by atoms with E-state index in [2.05, 4.69) is 25.0 Å². The minimum absolute atomic E-state index is 0.592. The van der Waals surface area contributed by atoms with E-state index in [-0.39, 0.29) is 0 Å². The van der Waals surface area contributed by atoms with Crippen LogP contribution in [-0.2, 0) is 13.2 Å². The number of nitrogens with zero attached hydrogens (tertiary/aromatic N) is 7. The Morgan fingerprint density at radius 3 is 2.42 bits per heavy atom. The Hall–Kier alpha value is -3.34. The summed E-state index contributed by atoms with van der Waals surface area (Å²) >= 11 is 5.63. The van der Waals surface area contributed by atoms with Gasteiger partial charge in [0.05, 0.1) is 20.3 Å². The van der Waals surface area contributed by atoms with Crippen molar-refractivity contribution in [1.29, 1.82) is 0 Å². The van der Waals surface area contributed by atoms with Crippen LogP contribution in [0.1, 0.15) is 5.89 Å². The van der Waals surface area contributed by atoms with Crippen LogP contribution in [0.15, 0.2) is 65.4 Å². The highest BCUT2D eigenvalue weighted by atomic mass is 32.1. The van der Waals surface area contributed by atoms with E-state index in [1.54, 1.807) is 13.4 Å². The zero-order chi connectivity index (χ0) is 22.6. The summed E-state index contributed by atoms with van der Waals surface area (Å²) in [6.07, 6.45) is 1.78. The number of hydrogen-bond acceptors (Lipinski definition) is 8. The second-order valence-corrected chi connectivity index (χ2v) is 8.26. The van der Waals surface area contributed by atoms with Gasteiger partial charge in [-0.1, -0.05) is 23.4 Å². The van der Waals surface area contributed by atoms with Gasteiger partial charge in [0.2, 0.25) is 16.5 Å². The van der Waals surface area contributed by atoms with Gasteiger partial charge in [-0.3, -0.25) is 14.4 Å². The molecule has 10 heteroatoms. The molecular formula is C23H25N7O2S. The van der Waals surface area contributed by atoms with Crippen molar-refractivity contribution in [3.8, 4) is 22.8 Å². The van der Waals surface area contributed by atoms with Gasteiger partial charge in [-0.2, -0.15) is 10.1 Å². The molecule has 0 atom stereocenters. The van der Waals surface area contributed by atoms with Crippen LogP contribution in [-0.4, -0.2) is 67.6 Å². The minimum atomic E-state index is 0.592. The normalized spacial score (nSPS) is 15.1. The highest BCUT2D eigenvalue weighted by Gasteiger charge is 2.20. The van der Waals surface area contributed by atoms with E-state index < -0.39 is 0 Å². The van der Waals surface area contributed by atoms with Gasteiger partial charge < -0.3 is 9.26 Å². The summed E-state index contributed by atoms with van der Waals surface area (Å²) in [4.78, 5) is 9.23. The van der Waals surface area contributed by atoms with Crippen LogP contribution in [0.25, 0.3) is 17.1 Å². The third-order valence-corrected chi connectivity index (χ3v) is 6.15. The zero-order valence-electron chi connectivity index (χ0n) is 18.4. The standard InChI is InChI=1S/C23H25N7O2S/c1-31-20-9-7-18(8-10-20)22-25-21(32-26-22)15-27-11-13-28(14-12-27)17-30-23(33)29(16-24-30)19-5-3-2-4-6-19/h2-10,16H,11-15,17H2,1H3. The molecule has 0 N–H and O–H groups in total. The minimum Gasteiger partial charge on any atom is -0.497 e. The molecule has 0 aliphatic carbocycles. The number of para-hydroxylation sites is 1. The van der Waals surface area contributed by atoms with Crippen molar-refractivity contribution in [3.63, 3.8) is 0 Å². The third-order valence-electron chi connectivity index (χ3n) is 5.74. The Balaban J connectivity index is 1.15. The maximum Gasteiger partial charge on any atom is 0.241 e. The average molecular weight is 464 g/mol. The van der Waals surface area contributed by atoms with Gasteiger partial charge in [-0.25, -0.2) is 4.68 Å². The highest BCUT2D eigenvalue weighted by Crippen LogP contribution is 2.20. The van der Waals surface area contributed by atoms with Gasteiger partial charge in [-0.05, 0) is 48.6 Å². The smallest absolute Gasteiger partial charge is 0.241 e. The zero-order valence-corrected chi connectivity index (χ0v) is 19.2. The molecule has 0 radical (unpaired) electrons. The van der Waals surface area contributed by atoms with E-state index in [9.17, 15) is 0 Å². The fraction of sp³-hybridized carbons (Fsp3) is 0.304. The predicted molar refractivity (Wildman–Crippen MR) is 126 cm³/mol. The molecule has 4 aromatic rings. The van der Waals surface area contributed by atoms with E-state index in [0.29, 0.717) is 29.7 Å². The second kappa shape index (κ2) is 9.65. The molecule has 9 nitrogen and oxygen atoms in total. The van der Waals surface area contributed by atoms with Gasteiger partial charge in [0, 0.05) is 37.4 Å². The molecule has 3 heterocycles. The predicted octanol–water partition coefficient (Wildman–Crippen LogP) is 3.24. The molecular weight excluding hydrogens is 438 g/mol. The lowest BCUT2D eigenvalue weighted by molar-refractivity contribution is 0.0908. The molecule has 33 heavy (non-hydrogen) atoms. The summed E-state index contributed by atoms with van der Waals surface area (Å²) in [6, 6.07) is 17.7.